The first-order chi connectivity index (χ1) is 8.88. The van der Waals surface area contributed by atoms with Crippen LogP contribution in [0.15, 0.2) is 24.3 Å². The Balaban J connectivity index is 2.42. The summed E-state index contributed by atoms with van der Waals surface area (Å²) in [6.07, 6.45) is 0. The number of rotatable bonds is 2. The van der Waals surface area contributed by atoms with Gasteiger partial charge in [-0.25, -0.2) is 0 Å². The number of hydrogen-bond donors (Lipinski definition) is 1. The highest BCUT2D eigenvalue weighted by Gasteiger charge is 2.06. The van der Waals surface area contributed by atoms with Crippen molar-refractivity contribution in [1.82, 2.24) is 0 Å². The van der Waals surface area contributed by atoms with Gasteiger partial charge in [0.1, 0.15) is 0 Å². The van der Waals surface area contributed by atoms with E-state index in [1.54, 1.807) is 0 Å². The molecule has 0 radical (unpaired) electrons. The SMILES string of the molecule is Cc1cc(C)c(Nc2cc(C)c(C)cc2C)cc1C. The molecule has 2 aromatic carbocycles. The lowest BCUT2D eigenvalue weighted by molar-refractivity contribution is 1.27. The Morgan fingerprint density at radius 2 is 0.789 bits per heavy atom. The van der Waals surface area contributed by atoms with Gasteiger partial charge >= 0.3 is 0 Å². The molecule has 1 heteroatoms. The molecule has 1 nitrogen and oxygen atoms in total. The van der Waals surface area contributed by atoms with Crippen LogP contribution in [-0.2, 0) is 0 Å². The van der Waals surface area contributed by atoms with Crippen LogP contribution >= 0.6 is 0 Å². The van der Waals surface area contributed by atoms with Crippen LogP contribution in [0.4, 0.5) is 11.4 Å². The predicted molar refractivity (Wildman–Crippen MR) is 84.6 cm³/mol. The van der Waals surface area contributed by atoms with E-state index in [0.29, 0.717) is 0 Å². The average molecular weight is 253 g/mol. The lowest BCUT2D eigenvalue weighted by Gasteiger charge is -2.16. The molecule has 0 atom stereocenters. The van der Waals surface area contributed by atoms with Crippen molar-refractivity contribution in [2.24, 2.45) is 0 Å². The van der Waals surface area contributed by atoms with Crippen LogP contribution in [0.2, 0.25) is 0 Å². The lowest BCUT2D eigenvalue weighted by Crippen LogP contribution is -1.98. The van der Waals surface area contributed by atoms with E-state index >= 15 is 0 Å². The summed E-state index contributed by atoms with van der Waals surface area (Å²) in [7, 11) is 0. The highest BCUT2D eigenvalue weighted by atomic mass is 14.9. The molecular weight excluding hydrogens is 230 g/mol. The molecule has 100 valence electrons. The van der Waals surface area contributed by atoms with Crippen molar-refractivity contribution in [2.75, 3.05) is 5.32 Å². The maximum absolute atomic E-state index is 3.58. The zero-order valence-electron chi connectivity index (χ0n) is 12.8. The fourth-order valence-electron chi connectivity index (χ4n) is 2.34. The second kappa shape index (κ2) is 5.08. The van der Waals surface area contributed by atoms with Crippen LogP contribution in [0, 0.1) is 41.5 Å². The number of anilines is 2. The monoisotopic (exact) mass is 253 g/mol. The zero-order valence-corrected chi connectivity index (χ0v) is 12.8. The topological polar surface area (TPSA) is 12.0 Å². The molecule has 0 aliphatic carbocycles. The van der Waals surface area contributed by atoms with Gasteiger partial charge in [0.2, 0.25) is 0 Å². The van der Waals surface area contributed by atoms with Crippen LogP contribution in [0.3, 0.4) is 0 Å². The summed E-state index contributed by atoms with van der Waals surface area (Å²) >= 11 is 0. The Morgan fingerprint density at radius 3 is 1.16 bits per heavy atom. The molecule has 0 amide bonds. The molecule has 0 spiro atoms. The van der Waals surface area contributed by atoms with Crippen LogP contribution in [0.1, 0.15) is 33.4 Å². The number of nitrogens with one attached hydrogen (secondary N) is 1. The van der Waals surface area contributed by atoms with E-state index in [0.717, 1.165) is 0 Å². The number of aryl methyl sites for hydroxylation is 6. The normalized spacial score (nSPS) is 10.6. The molecule has 0 unspecified atom stereocenters. The average Bonchev–Trinajstić information content (AvgIpc) is 2.32. The summed E-state index contributed by atoms with van der Waals surface area (Å²) < 4.78 is 0. The van der Waals surface area contributed by atoms with Gasteiger partial charge in [-0.15, -0.1) is 0 Å². The predicted octanol–water partition coefficient (Wildman–Crippen LogP) is 5.28. The second-order valence-corrected chi connectivity index (χ2v) is 5.63. The van der Waals surface area contributed by atoms with E-state index in [1.165, 1.54) is 44.8 Å². The van der Waals surface area contributed by atoms with Crippen LogP contribution in [0.25, 0.3) is 0 Å². The van der Waals surface area contributed by atoms with E-state index in [2.05, 4.69) is 71.1 Å². The number of hydrogen-bond acceptors (Lipinski definition) is 1. The summed E-state index contributed by atoms with van der Waals surface area (Å²) in [4.78, 5) is 0. The van der Waals surface area contributed by atoms with Gasteiger partial charge < -0.3 is 5.32 Å². The molecule has 0 aliphatic heterocycles. The summed E-state index contributed by atoms with van der Waals surface area (Å²) in [5.74, 6) is 0. The van der Waals surface area contributed by atoms with E-state index in [4.69, 9.17) is 0 Å². The summed E-state index contributed by atoms with van der Waals surface area (Å²) in [5, 5.41) is 3.58. The lowest BCUT2D eigenvalue weighted by atomic mass is 10.0. The van der Waals surface area contributed by atoms with Crippen molar-refractivity contribution < 1.29 is 0 Å². The molecule has 0 saturated heterocycles. The second-order valence-electron chi connectivity index (χ2n) is 5.63. The third-order valence-corrected chi connectivity index (χ3v) is 3.95. The van der Waals surface area contributed by atoms with Gasteiger partial charge in [0, 0.05) is 11.4 Å². The first-order valence-electron chi connectivity index (χ1n) is 6.81. The molecule has 0 aliphatic rings. The quantitative estimate of drug-likeness (QED) is 0.767. The fourth-order valence-corrected chi connectivity index (χ4v) is 2.34. The van der Waals surface area contributed by atoms with Gasteiger partial charge in [-0.1, -0.05) is 12.1 Å². The molecule has 0 heterocycles. The van der Waals surface area contributed by atoms with Crippen molar-refractivity contribution >= 4 is 11.4 Å². The Labute approximate surface area is 116 Å². The first-order valence-corrected chi connectivity index (χ1v) is 6.81. The van der Waals surface area contributed by atoms with Crippen molar-refractivity contribution in [3.05, 3.63) is 57.6 Å². The Hall–Kier alpha value is -1.76. The molecule has 2 aromatic rings. The van der Waals surface area contributed by atoms with Gasteiger partial charge in [-0.05, 0) is 87.1 Å². The van der Waals surface area contributed by atoms with E-state index in [1.807, 2.05) is 0 Å². The van der Waals surface area contributed by atoms with Crippen LogP contribution in [-0.4, -0.2) is 0 Å². The van der Waals surface area contributed by atoms with Crippen molar-refractivity contribution in [2.45, 2.75) is 41.5 Å². The Bertz CT molecular complexity index is 569. The van der Waals surface area contributed by atoms with E-state index in [-0.39, 0.29) is 0 Å². The van der Waals surface area contributed by atoms with Crippen LogP contribution in [0.5, 0.6) is 0 Å². The minimum atomic E-state index is 1.20. The van der Waals surface area contributed by atoms with Gasteiger partial charge in [-0.2, -0.15) is 0 Å². The Morgan fingerprint density at radius 1 is 0.474 bits per heavy atom. The minimum absolute atomic E-state index is 1.20. The van der Waals surface area contributed by atoms with E-state index < -0.39 is 0 Å². The molecule has 0 aromatic heterocycles. The summed E-state index contributed by atoms with van der Waals surface area (Å²) in [5.41, 5.74) is 10.3. The minimum Gasteiger partial charge on any atom is -0.355 e. The molecule has 1 N–H and O–H groups in total. The third-order valence-electron chi connectivity index (χ3n) is 3.95. The maximum Gasteiger partial charge on any atom is 0.0416 e. The molecule has 2 rings (SSSR count). The fraction of sp³-hybridized carbons (Fsp3) is 0.333. The van der Waals surface area contributed by atoms with Gasteiger partial charge in [0.15, 0.2) is 0 Å². The molecule has 0 bridgehead atoms. The van der Waals surface area contributed by atoms with Gasteiger partial charge in [0.05, 0.1) is 0 Å². The highest BCUT2D eigenvalue weighted by Crippen LogP contribution is 2.27. The largest absolute Gasteiger partial charge is 0.355 e. The zero-order chi connectivity index (χ0) is 14.2. The number of benzene rings is 2. The highest BCUT2D eigenvalue weighted by molar-refractivity contribution is 5.68. The van der Waals surface area contributed by atoms with Crippen molar-refractivity contribution in [3.8, 4) is 0 Å². The Kier molecular flexibility index (Phi) is 3.66. The maximum atomic E-state index is 3.58. The molecule has 0 saturated carbocycles. The molecule has 19 heavy (non-hydrogen) atoms. The third kappa shape index (κ3) is 2.81. The summed E-state index contributed by atoms with van der Waals surface area (Å²) in [6, 6.07) is 8.96. The van der Waals surface area contributed by atoms with Crippen molar-refractivity contribution in [1.29, 1.82) is 0 Å². The van der Waals surface area contributed by atoms with Crippen molar-refractivity contribution in [3.63, 3.8) is 0 Å². The van der Waals surface area contributed by atoms with Gasteiger partial charge in [-0.3, -0.25) is 0 Å². The first kappa shape index (κ1) is 13.7. The van der Waals surface area contributed by atoms with Gasteiger partial charge in [0.25, 0.3) is 0 Å². The molecule has 0 fully saturated rings. The van der Waals surface area contributed by atoms with Crippen LogP contribution < -0.4 is 5.32 Å². The standard InChI is InChI=1S/C18H23N/c1-11-7-15(5)17(9-13(11)3)19-18-10-14(4)12(2)8-16(18)6/h7-10,19H,1-6H3. The van der Waals surface area contributed by atoms with E-state index in [9.17, 15) is 0 Å². The molecular formula is C18H23N. The summed E-state index contributed by atoms with van der Waals surface area (Å²) in [6.45, 7) is 13.0. The smallest absolute Gasteiger partial charge is 0.0416 e.